The number of halogens is 2. The number of fused-ring (bicyclic) bond motifs is 1. The van der Waals surface area contributed by atoms with Crippen LogP contribution in [-0.2, 0) is 16.9 Å². The number of aliphatic hydroxyl groups is 1. The van der Waals surface area contributed by atoms with Gasteiger partial charge in [0.05, 0.1) is 23.2 Å². The molecular formula is C24H24ClFN2O3. The van der Waals surface area contributed by atoms with E-state index in [2.05, 4.69) is 0 Å². The second-order valence-corrected chi connectivity index (χ2v) is 8.46. The molecule has 1 fully saturated rings. The number of likely N-dealkylation sites (tertiary alicyclic amines) is 1. The number of piperidine rings is 1. The third-order valence-corrected chi connectivity index (χ3v) is 6.30. The maximum absolute atomic E-state index is 14.2. The van der Waals surface area contributed by atoms with E-state index >= 15 is 0 Å². The summed E-state index contributed by atoms with van der Waals surface area (Å²) in [6.45, 7) is 2.58. The van der Waals surface area contributed by atoms with Gasteiger partial charge in [0, 0.05) is 41.7 Å². The summed E-state index contributed by atoms with van der Waals surface area (Å²) in [7, 11) is 0. The van der Waals surface area contributed by atoms with Gasteiger partial charge in [0.25, 0.3) is 5.91 Å². The third-order valence-electron chi connectivity index (χ3n) is 6.07. The van der Waals surface area contributed by atoms with Crippen molar-refractivity contribution in [2.75, 3.05) is 13.1 Å². The molecule has 7 heteroatoms. The summed E-state index contributed by atoms with van der Waals surface area (Å²) in [5.74, 6) is -0.556. The fraction of sp³-hybridized carbons (Fsp3) is 0.333. The minimum absolute atomic E-state index is 0.0591. The van der Waals surface area contributed by atoms with Gasteiger partial charge < -0.3 is 14.6 Å². The van der Waals surface area contributed by atoms with Crippen molar-refractivity contribution in [1.82, 2.24) is 9.47 Å². The van der Waals surface area contributed by atoms with Crippen LogP contribution in [0, 0.1) is 5.82 Å². The first-order chi connectivity index (χ1) is 14.8. The monoisotopic (exact) mass is 442 g/mol. The normalized spacial score (nSPS) is 15.9. The molecule has 2 aromatic carbocycles. The third kappa shape index (κ3) is 4.10. The SMILES string of the molecule is CCC(=O)Cn1cc(C(=O)N2CCC(O)(c3ccccc3F)CC2)c2ccc(Cl)cc21. The van der Waals surface area contributed by atoms with E-state index in [9.17, 15) is 19.1 Å². The van der Waals surface area contributed by atoms with E-state index in [0.29, 0.717) is 30.1 Å². The minimum atomic E-state index is -1.29. The Kier molecular flexibility index (Phi) is 5.86. The number of nitrogens with zero attached hydrogens (tertiary/aromatic N) is 2. The first-order valence-electron chi connectivity index (χ1n) is 10.4. The van der Waals surface area contributed by atoms with Crippen molar-refractivity contribution in [2.24, 2.45) is 0 Å². The Morgan fingerprint density at radius 1 is 1.16 bits per heavy atom. The highest BCUT2D eigenvalue weighted by molar-refractivity contribution is 6.31. The molecule has 4 rings (SSSR count). The Balaban J connectivity index is 1.59. The molecule has 31 heavy (non-hydrogen) atoms. The van der Waals surface area contributed by atoms with E-state index in [1.807, 2.05) is 0 Å². The molecule has 3 aromatic rings. The molecule has 0 aliphatic carbocycles. The Hall–Kier alpha value is -2.70. The Morgan fingerprint density at radius 2 is 1.87 bits per heavy atom. The van der Waals surface area contributed by atoms with Crippen molar-refractivity contribution in [3.05, 3.63) is 70.6 Å². The first kappa shape index (κ1) is 21.5. The van der Waals surface area contributed by atoms with E-state index < -0.39 is 11.4 Å². The van der Waals surface area contributed by atoms with Crippen molar-refractivity contribution < 1.29 is 19.1 Å². The van der Waals surface area contributed by atoms with Gasteiger partial charge in [-0.1, -0.05) is 42.8 Å². The van der Waals surface area contributed by atoms with Crippen LogP contribution in [0.5, 0.6) is 0 Å². The fourth-order valence-electron chi connectivity index (χ4n) is 4.23. The van der Waals surface area contributed by atoms with Gasteiger partial charge in [-0.2, -0.15) is 0 Å². The molecule has 2 heterocycles. The second-order valence-electron chi connectivity index (χ2n) is 8.03. The largest absolute Gasteiger partial charge is 0.385 e. The fourth-order valence-corrected chi connectivity index (χ4v) is 4.39. The molecule has 1 aliphatic rings. The molecule has 5 nitrogen and oxygen atoms in total. The van der Waals surface area contributed by atoms with Crippen molar-refractivity contribution in [3.8, 4) is 0 Å². The van der Waals surface area contributed by atoms with Gasteiger partial charge in [-0.05, 0) is 31.0 Å². The predicted octanol–water partition coefficient (Wildman–Crippen LogP) is 4.54. The van der Waals surface area contributed by atoms with Crippen molar-refractivity contribution in [3.63, 3.8) is 0 Å². The molecule has 1 saturated heterocycles. The van der Waals surface area contributed by atoms with E-state index in [1.165, 1.54) is 6.07 Å². The Labute approximate surface area is 185 Å². The van der Waals surface area contributed by atoms with Crippen LogP contribution in [0.25, 0.3) is 10.9 Å². The molecule has 1 aromatic heterocycles. The summed E-state index contributed by atoms with van der Waals surface area (Å²) in [4.78, 5) is 27.0. The highest BCUT2D eigenvalue weighted by Crippen LogP contribution is 2.35. The summed E-state index contributed by atoms with van der Waals surface area (Å²) >= 11 is 6.15. The number of amides is 1. The van der Waals surface area contributed by atoms with E-state index in [4.69, 9.17) is 11.6 Å². The average molecular weight is 443 g/mol. The lowest BCUT2D eigenvalue weighted by molar-refractivity contribution is -0.119. The molecule has 0 bridgehead atoms. The lowest BCUT2D eigenvalue weighted by Gasteiger charge is -2.38. The van der Waals surface area contributed by atoms with Gasteiger partial charge in [-0.15, -0.1) is 0 Å². The van der Waals surface area contributed by atoms with Crippen LogP contribution in [0.15, 0.2) is 48.7 Å². The number of carbonyl (C=O) groups is 2. The van der Waals surface area contributed by atoms with Gasteiger partial charge in [-0.25, -0.2) is 4.39 Å². The number of rotatable bonds is 5. The molecule has 1 aliphatic heterocycles. The van der Waals surface area contributed by atoms with Crippen LogP contribution in [0.4, 0.5) is 4.39 Å². The molecular weight excluding hydrogens is 419 g/mol. The van der Waals surface area contributed by atoms with Gasteiger partial charge >= 0.3 is 0 Å². The minimum Gasteiger partial charge on any atom is -0.385 e. The Bertz CT molecular complexity index is 1150. The zero-order valence-electron chi connectivity index (χ0n) is 17.3. The summed E-state index contributed by atoms with van der Waals surface area (Å²) in [6, 6.07) is 11.5. The number of aromatic nitrogens is 1. The van der Waals surface area contributed by atoms with Crippen LogP contribution in [-0.4, -0.2) is 39.4 Å². The standard InChI is InChI=1S/C24H24ClFN2O3/c1-2-17(29)14-28-15-19(18-8-7-16(25)13-22(18)28)23(30)27-11-9-24(31,10-12-27)20-5-3-4-6-21(20)26/h3-8,13,15,31H,2,9-12,14H2,1H3. The smallest absolute Gasteiger partial charge is 0.256 e. The zero-order valence-corrected chi connectivity index (χ0v) is 18.0. The topological polar surface area (TPSA) is 62.5 Å². The number of hydrogen-bond acceptors (Lipinski definition) is 3. The lowest BCUT2D eigenvalue weighted by atomic mass is 9.84. The highest BCUT2D eigenvalue weighted by atomic mass is 35.5. The maximum Gasteiger partial charge on any atom is 0.256 e. The summed E-state index contributed by atoms with van der Waals surface area (Å²) in [6.07, 6.45) is 2.61. The predicted molar refractivity (Wildman–Crippen MR) is 118 cm³/mol. The van der Waals surface area contributed by atoms with Crippen LogP contribution in [0.2, 0.25) is 5.02 Å². The van der Waals surface area contributed by atoms with Crippen molar-refractivity contribution in [2.45, 2.75) is 38.3 Å². The number of hydrogen-bond donors (Lipinski definition) is 1. The highest BCUT2D eigenvalue weighted by Gasteiger charge is 2.37. The molecule has 162 valence electrons. The van der Waals surface area contributed by atoms with Gasteiger partial charge in [-0.3, -0.25) is 9.59 Å². The van der Waals surface area contributed by atoms with Crippen LogP contribution in [0.1, 0.15) is 42.1 Å². The van der Waals surface area contributed by atoms with E-state index in [-0.39, 0.29) is 36.6 Å². The molecule has 1 N–H and O–H groups in total. The second kappa shape index (κ2) is 8.44. The average Bonchev–Trinajstić information content (AvgIpc) is 3.11. The molecule has 0 atom stereocenters. The quantitative estimate of drug-likeness (QED) is 0.631. The van der Waals surface area contributed by atoms with Gasteiger partial charge in [0.1, 0.15) is 5.82 Å². The van der Waals surface area contributed by atoms with Gasteiger partial charge in [0.2, 0.25) is 0 Å². The first-order valence-corrected chi connectivity index (χ1v) is 10.8. The molecule has 1 amide bonds. The van der Waals surface area contributed by atoms with Crippen molar-refractivity contribution in [1.29, 1.82) is 0 Å². The summed E-state index contributed by atoms with van der Waals surface area (Å²) < 4.78 is 16.0. The Morgan fingerprint density at radius 3 is 2.55 bits per heavy atom. The number of Topliss-reactive ketones (excluding diaryl/α,β-unsaturated/α-hetero) is 1. The van der Waals surface area contributed by atoms with Crippen LogP contribution >= 0.6 is 11.6 Å². The zero-order chi connectivity index (χ0) is 22.2. The molecule has 0 saturated carbocycles. The lowest BCUT2D eigenvalue weighted by Crippen LogP contribution is -2.45. The van der Waals surface area contributed by atoms with E-state index in [0.717, 1.165) is 10.9 Å². The number of ketones is 1. The van der Waals surface area contributed by atoms with Crippen LogP contribution < -0.4 is 0 Å². The van der Waals surface area contributed by atoms with Gasteiger partial charge in [0.15, 0.2) is 5.78 Å². The molecule has 0 radical (unpaired) electrons. The molecule has 0 unspecified atom stereocenters. The maximum atomic E-state index is 14.2. The number of benzene rings is 2. The number of carbonyl (C=O) groups excluding carboxylic acids is 2. The van der Waals surface area contributed by atoms with Crippen molar-refractivity contribution >= 4 is 34.2 Å². The summed E-state index contributed by atoms with van der Waals surface area (Å²) in [5, 5.41) is 12.3. The van der Waals surface area contributed by atoms with E-state index in [1.54, 1.807) is 59.0 Å². The van der Waals surface area contributed by atoms with Crippen LogP contribution in [0.3, 0.4) is 0 Å². The summed E-state index contributed by atoms with van der Waals surface area (Å²) in [5.41, 5.74) is 0.202. The molecule has 0 spiro atoms.